The van der Waals surface area contributed by atoms with Gasteiger partial charge in [0.25, 0.3) is 5.69 Å². The maximum absolute atomic E-state index is 12.3. The molecule has 3 rings (SSSR count). The number of rotatable bonds is 4. The molecule has 0 spiro atoms. The Morgan fingerprint density at radius 2 is 1.88 bits per heavy atom. The first-order chi connectivity index (χ1) is 12.0. The summed E-state index contributed by atoms with van der Waals surface area (Å²) in [4.78, 5) is 25.2. The number of nitro groups is 1. The van der Waals surface area contributed by atoms with Crippen molar-refractivity contribution in [2.75, 3.05) is 18.0 Å². The smallest absolute Gasteiger partial charge is 0.343 e. The van der Waals surface area contributed by atoms with Gasteiger partial charge in [-0.1, -0.05) is 29.3 Å². The lowest BCUT2D eigenvalue weighted by molar-refractivity contribution is -0.384. The van der Waals surface area contributed by atoms with Crippen LogP contribution in [0.25, 0.3) is 0 Å². The summed E-state index contributed by atoms with van der Waals surface area (Å²) in [5.74, 6) is -0.634. The van der Waals surface area contributed by atoms with Crippen molar-refractivity contribution in [2.24, 2.45) is 0 Å². The quantitative estimate of drug-likeness (QED) is 0.332. The molecule has 2 aromatic carbocycles. The zero-order valence-electron chi connectivity index (χ0n) is 13.1. The molecule has 1 heterocycles. The lowest BCUT2D eigenvalue weighted by Crippen LogP contribution is -2.19. The maximum Gasteiger partial charge on any atom is 0.343 e. The monoisotopic (exact) mass is 380 g/mol. The number of hydrogen-bond acceptors (Lipinski definition) is 5. The largest absolute Gasteiger partial charge is 0.421 e. The molecule has 0 bridgehead atoms. The zero-order valence-corrected chi connectivity index (χ0v) is 14.6. The van der Waals surface area contributed by atoms with Crippen molar-refractivity contribution in [3.63, 3.8) is 0 Å². The van der Waals surface area contributed by atoms with E-state index in [2.05, 4.69) is 0 Å². The van der Waals surface area contributed by atoms with Gasteiger partial charge in [0, 0.05) is 19.2 Å². The highest BCUT2D eigenvalue weighted by Gasteiger charge is 2.24. The fraction of sp³-hybridized carbons (Fsp3) is 0.235. The molecule has 0 radical (unpaired) electrons. The van der Waals surface area contributed by atoms with Gasteiger partial charge in [-0.25, -0.2) is 4.79 Å². The van der Waals surface area contributed by atoms with Crippen LogP contribution in [0.3, 0.4) is 0 Å². The van der Waals surface area contributed by atoms with Gasteiger partial charge >= 0.3 is 5.97 Å². The van der Waals surface area contributed by atoms with Gasteiger partial charge < -0.3 is 9.64 Å². The van der Waals surface area contributed by atoms with E-state index in [0.717, 1.165) is 25.9 Å². The van der Waals surface area contributed by atoms with Gasteiger partial charge in [-0.15, -0.1) is 0 Å². The minimum atomic E-state index is -0.736. The van der Waals surface area contributed by atoms with Crippen molar-refractivity contribution in [3.8, 4) is 5.75 Å². The molecule has 1 aliphatic heterocycles. The Kier molecular flexibility index (Phi) is 5.11. The third kappa shape index (κ3) is 3.70. The number of halogens is 2. The van der Waals surface area contributed by atoms with Crippen LogP contribution in [0.4, 0.5) is 11.4 Å². The minimum Gasteiger partial charge on any atom is -0.421 e. The number of hydrogen-bond donors (Lipinski definition) is 0. The summed E-state index contributed by atoms with van der Waals surface area (Å²) in [6, 6.07) is 8.99. The van der Waals surface area contributed by atoms with Crippen molar-refractivity contribution in [1.29, 1.82) is 0 Å². The van der Waals surface area contributed by atoms with E-state index >= 15 is 0 Å². The second kappa shape index (κ2) is 7.29. The number of nitrogens with zero attached hydrogens (tertiary/aromatic N) is 2. The SMILES string of the molecule is O=C(Oc1cccc(Cl)c1Cl)c1ccc(N2CCCC2)c([N+](=O)[O-])c1. The third-order valence-corrected chi connectivity index (χ3v) is 4.77. The van der Waals surface area contributed by atoms with Gasteiger partial charge in [0.2, 0.25) is 0 Å². The van der Waals surface area contributed by atoms with Gasteiger partial charge in [0.15, 0.2) is 5.75 Å². The summed E-state index contributed by atoms with van der Waals surface area (Å²) in [7, 11) is 0. The van der Waals surface area contributed by atoms with E-state index in [1.807, 2.05) is 4.90 Å². The van der Waals surface area contributed by atoms with E-state index < -0.39 is 10.9 Å². The summed E-state index contributed by atoms with van der Waals surface area (Å²) in [6.45, 7) is 1.53. The van der Waals surface area contributed by atoms with E-state index in [-0.39, 0.29) is 27.0 Å². The number of esters is 1. The molecule has 0 unspecified atom stereocenters. The molecule has 130 valence electrons. The maximum atomic E-state index is 12.3. The van der Waals surface area contributed by atoms with Crippen LogP contribution in [0.1, 0.15) is 23.2 Å². The first kappa shape index (κ1) is 17.5. The topological polar surface area (TPSA) is 72.7 Å². The molecule has 1 saturated heterocycles. The third-order valence-electron chi connectivity index (χ3n) is 3.97. The number of carbonyl (C=O) groups excluding carboxylic acids is 1. The molecule has 0 aliphatic carbocycles. The van der Waals surface area contributed by atoms with E-state index in [9.17, 15) is 14.9 Å². The lowest BCUT2D eigenvalue weighted by atomic mass is 10.1. The molecular weight excluding hydrogens is 367 g/mol. The Hall–Kier alpha value is -2.31. The van der Waals surface area contributed by atoms with Gasteiger partial charge in [-0.2, -0.15) is 0 Å². The Morgan fingerprint density at radius 3 is 2.56 bits per heavy atom. The summed E-state index contributed by atoms with van der Waals surface area (Å²) >= 11 is 11.9. The van der Waals surface area contributed by atoms with Gasteiger partial charge in [-0.3, -0.25) is 10.1 Å². The minimum absolute atomic E-state index is 0.0747. The van der Waals surface area contributed by atoms with Gasteiger partial charge in [0.1, 0.15) is 10.7 Å². The number of nitro benzene ring substituents is 1. The Labute approximate surface area is 154 Å². The molecule has 2 aromatic rings. The second-order valence-corrected chi connectivity index (χ2v) is 6.38. The molecular formula is C17H14Cl2N2O4. The van der Waals surface area contributed by atoms with Crippen molar-refractivity contribution >= 4 is 40.5 Å². The highest BCUT2D eigenvalue weighted by molar-refractivity contribution is 6.43. The number of benzene rings is 2. The van der Waals surface area contributed by atoms with Gasteiger partial charge in [0.05, 0.1) is 15.5 Å². The molecule has 0 aromatic heterocycles. The molecule has 25 heavy (non-hydrogen) atoms. The van der Waals surface area contributed by atoms with E-state index in [4.69, 9.17) is 27.9 Å². The van der Waals surface area contributed by atoms with Crippen molar-refractivity contribution in [3.05, 3.63) is 62.1 Å². The van der Waals surface area contributed by atoms with Crippen LogP contribution in [-0.4, -0.2) is 24.0 Å². The first-order valence-electron chi connectivity index (χ1n) is 7.67. The fourth-order valence-electron chi connectivity index (χ4n) is 2.74. The van der Waals surface area contributed by atoms with Crippen LogP contribution in [-0.2, 0) is 0 Å². The van der Waals surface area contributed by atoms with Gasteiger partial charge in [-0.05, 0) is 37.1 Å². The second-order valence-electron chi connectivity index (χ2n) is 5.60. The number of ether oxygens (including phenoxy) is 1. The molecule has 6 nitrogen and oxygen atoms in total. The van der Waals surface area contributed by atoms with Crippen molar-refractivity contribution < 1.29 is 14.5 Å². The van der Waals surface area contributed by atoms with Crippen LogP contribution >= 0.6 is 23.2 Å². The average molecular weight is 381 g/mol. The molecule has 0 atom stereocenters. The molecule has 1 fully saturated rings. The highest BCUT2D eigenvalue weighted by Crippen LogP contribution is 2.34. The summed E-state index contributed by atoms with van der Waals surface area (Å²) in [5, 5.41) is 11.8. The molecule has 0 N–H and O–H groups in total. The highest BCUT2D eigenvalue weighted by atomic mass is 35.5. The van der Waals surface area contributed by atoms with E-state index in [0.29, 0.717) is 5.69 Å². The number of carbonyl (C=O) groups is 1. The normalized spacial score (nSPS) is 13.8. The first-order valence-corrected chi connectivity index (χ1v) is 8.42. The van der Waals surface area contributed by atoms with Crippen LogP contribution in [0.15, 0.2) is 36.4 Å². The predicted octanol–water partition coefficient (Wildman–Crippen LogP) is 4.72. The van der Waals surface area contributed by atoms with Crippen molar-refractivity contribution in [1.82, 2.24) is 0 Å². The molecule has 0 amide bonds. The molecule has 0 saturated carbocycles. The molecule has 8 heteroatoms. The van der Waals surface area contributed by atoms with E-state index in [1.54, 1.807) is 18.2 Å². The standard InChI is InChI=1S/C17H14Cl2N2O4/c18-12-4-3-5-15(16(12)19)25-17(22)11-6-7-13(14(10-11)21(23)24)20-8-1-2-9-20/h3-7,10H,1-2,8-9H2. The summed E-state index contributed by atoms with van der Waals surface area (Å²) in [5.41, 5.74) is 0.471. The molecule has 1 aliphatic rings. The number of anilines is 1. The fourth-order valence-corrected chi connectivity index (χ4v) is 3.07. The van der Waals surface area contributed by atoms with Crippen LogP contribution in [0.2, 0.25) is 10.0 Å². The average Bonchev–Trinajstić information content (AvgIpc) is 3.12. The Balaban J connectivity index is 1.89. The van der Waals surface area contributed by atoms with Crippen LogP contribution in [0.5, 0.6) is 5.75 Å². The zero-order chi connectivity index (χ0) is 18.0. The van der Waals surface area contributed by atoms with E-state index in [1.165, 1.54) is 18.2 Å². The summed E-state index contributed by atoms with van der Waals surface area (Å²) < 4.78 is 5.22. The summed E-state index contributed by atoms with van der Waals surface area (Å²) in [6.07, 6.45) is 1.99. The predicted molar refractivity (Wildman–Crippen MR) is 96.0 cm³/mol. The van der Waals surface area contributed by atoms with Crippen molar-refractivity contribution in [2.45, 2.75) is 12.8 Å². The van der Waals surface area contributed by atoms with Crippen LogP contribution < -0.4 is 9.64 Å². The Morgan fingerprint density at radius 1 is 1.16 bits per heavy atom. The van der Waals surface area contributed by atoms with Crippen LogP contribution in [0, 0.1) is 10.1 Å². The Bertz CT molecular complexity index is 835. The lowest BCUT2D eigenvalue weighted by Gasteiger charge is -2.17.